The van der Waals surface area contributed by atoms with Gasteiger partial charge in [0.15, 0.2) is 9.84 Å². The monoisotopic (exact) mass is 392 g/mol. The lowest BCUT2D eigenvalue weighted by molar-refractivity contribution is 0.100. The number of benzene rings is 1. The molecule has 0 spiro atoms. The van der Waals surface area contributed by atoms with E-state index in [9.17, 15) is 18.0 Å². The molecule has 0 saturated heterocycles. The highest BCUT2D eigenvalue weighted by molar-refractivity contribution is 7.91. The minimum Gasteiger partial charge on any atom is -0.365 e. The van der Waals surface area contributed by atoms with Gasteiger partial charge in [-0.05, 0) is 55.5 Å². The highest BCUT2D eigenvalue weighted by Crippen LogP contribution is 2.38. The highest BCUT2D eigenvalue weighted by atomic mass is 32.2. The van der Waals surface area contributed by atoms with Gasteiger partial charge in [0.1, 0.15) is 5.00 Å². The van der Waals surface area contributed by atoms with Crippen LogP contribution in [0.3, 0.4) is 0 Å². The first-order chi connectivity index (χ1) is 12.3. The number of rotatable bonds is 5. The molecular formula is C18H20N2O4S2. The number of fused-ring (bicyclic) bond motifs is 1. The van der Waals surface area contributed by atoms with E-state index in [1.807, 2.05) is 0 Å². The number of amides is 2. The van der Waals surface area contributed by atoms with Crippen molar-refractivity contribution in [2.24, 2.45) is 5.73 Å². The third kappa shape index (κ3) is 3.52. The summed E-state index contributed by atoms with van der Waals surface area (Å²) in [6.45, 7) is 1.57. The topological polar surface area (TPSA) is 106 Å². The summed E-state index contributed by atoms with van der Waals surface area (Å²) in [7, 11) is -3.31. The Kier molecular flexibility index (Phi) is 5.15. The zero-order valence-electron chi connectivity index (χ0n) is 14.4. The van der Waals surface area contributed by atoms with Gasteiger partial charge in [-0.25, -0.2) is 8.42 Å². The van der Waals surface area contributed by atoms with Crippen LogP contribution in [0.5, 0.6) is 0 Å². The third-order valence-corrected chi connectivity index (χ3v) is 7.46. The Morgan fingerprint density at radius 3 is 2.42 bits per heavy atom. The van der Waals surface area contributed by atoms with Crippen LogP contribution in [-0.4, -0.2) is 26.0 Å². The molecule has 0 bridgehead atoms. The van der Waals surface area contributed by atoms with E-state index in [2.05, 4.69) is 5.32 Å². The average Bonchev–Trinajstić information content (AvgIpc) is 2.99. The van der Waals surface area contributed by atoms with Crippen LogP contribution in [0.1, 0.15) is 50.9 Å². The number of carbonyl (C=O) groups is 2. The number of sulfone groups is 1. The molecule has 2 amide bonds. The number of anilines is 1. The van der Waals surface area contributed by atoms with Crippen molar-refractivity contribution in [1.29, 1.82) is 0 Å². The average molecular weight is 393 g/mol. The second kappa shape index (κ2) is 7.20. The molecule has 1 aromatic carbocycles. The van der Waals surface area contributed by atoms with Gasteiger partial charge in [-0.1, -0.05) is 6.92 Å². The summed E-state index contributed by atoms with van der Waals surface area (Å²) in [5.74, 6) is -0.933. The Bertz CT molecular complexity index is 960. The Balaban J connectivity index is 1.87. The summed E-state index contributed by atoms with van der Waals surface area (Å²) in [4.78, 5) is 25.7. The lowest BCUT2D eigenvalue weighted by Gasteiger charge is -2.11. The normalized spacial score (nSPS) is 13.9. The minimum absolute atomic E-state index is 0.00125. The molecule has 0 atom stereocenters. The van der Waals surface area contributed by atoms with Crippen LogP contribution in [-0.2, 0) is 22.7 Å². The molecule has 0 aliphatic heterocycles. The van der Waals surface area contributed by atoms with Crippen LogP contribution in [0.25, 0.3) is 0 Å². The molecule has 1 aliphatic carbocycles. The van der Waals surface area contributed by atoms with E-state index in [0.717, 1.165) is 36.1 Å². The van der Waals surface area contributed by atoms with Crippen LogP contribution in [0.4, 0.5) is 5.00 Å². The van der Waals surface area contributed by atoms with E-state index in [1.165, 1.54) is 35.6 Å². The Hall–Kier alpha value is -2.19. The number of nitrogens with two attached hydrogens (primary N) is 1. The number of hydrogen-bond donors (Lipinski definition) is 2. The summed E-state index contributed by atoms with van der Waals surface area (Å²) in [6.07, 6.45) is 3.75. The maximum absolute atomic E-state index is 12.5. The fourth-order valence-corrected chi connectivity index (χ4v) is 5.24. The van der Waals surface area contributed by atoms with Gasteiger partial charge in [0.05, 0.1) is 16.2 Å². The van der Waals surface area contributed by atoms with E-state index < -0.39 is 21.7 Å². The van der Waals surface area contributed by atoms with Crippen molar-refractivity contribution in [3.63, 3.8) is 0 Å². The van der Waals surface area contributed by atoms with Crippen LogP contribution >= 0.6 is 11.3 Å². The summed E-state index contributed by atoms with van der Waals surface area (Å²) in [6, 6.07) is 5.77. The van der Waals surface area contributed by atoms with Crippen molar-refractivity contribution in [3.8, 4) is 0 Å². The van der Waals surface area contributed by atoms with E-state index in [1.54, 1.807) is 6.92 Å². The molecule has 3 N–H and O–H groups in total. The number of thiophene rings is 1. The van der Waals surface area contributed by atoms with Gasteiger partial charge in [-0.3, -0.25) is 9.59 Å². The zero-order valence-corrected chi connectivity index (χ0v) is 16.0. The number of hydrogen-bond acceptors (Lipinski definition) is 5. The van der Waals surface area contributed by atoms with Gasteiger partial charge in [-0.15, -0.1) is 11.3 Å². The van der Waals surface area contributed by atoms with Crippen molar-refractivity contribution in [3.05, 3.63) is 45.8 Å². The summed E-state index contributed by atoms with van der Waals surface area (Å²) in [5.41, 5.74) is 7.21. The molecule has 1 heterocycles. The van der Waals surface area contributed by atoms with E-state index >= 15 is 0 Å². The van der Waals surface area contributed by atoms with Crippen LogP contribution in [0.2, 0.25) is 0 Å². The molecular weight excluding hydrogens is 372 g/mol. The van der Waals surface area contributed by atoms with Crippen molar-refractivity contribution < 1.29 is 18.0 Å². The number of aryl methyl sites for hydroxylation is 1. The Labute approximate surface area is 156 Å². The first-order valence-corrected chi connectivity index (χ1v) is 10.9. The first kappa shape index (κ1) is 18.6. The third-order valence-electron chi connectivity index (χ3n) is 4.50. The molecule has 0 saturated carbocycles. The number of carbonyl (C=O) groups excluding carboxylic acids is 2. The number of primary amides is 1. The van der Waals surface area contributed by atoms with Crippen LogP contribution in [0.15, 0.2) is 29.2 Å². The summed E-state index contributed by atoms with van der Waals surface area (Å²) >= 11 is 1.40. The lowest BCUT2D eigenvalue weighted by Crippen LogP contribution is -2.18. The maximum atomic E-state index is 12.5. The zero-order chi connectivity index (χ0) is 18.9. The second-order valence-electron chi connectivity index (χ2n) is 6.16. The van der Waals surface area contributed by atoms with Gasteiger partial charge in [0.25, 0.3) is 11.8 Å². The maximum Gasteiger partial charge on any atom is 0.256 e. The molecule has 0 fully saturated rings. The fourth-order valence-electron chi connectivity index (χ4n) is 3.07. The van der Waals surface area contributed by atoms with E-state index in [0.29, 0.717) is 16.1 Å². The highest BCUT2D eigenvalue weighted by Gasteiger charge is 2.25. The number of nitrogens with one attached hydrogen (secondary N) is 1. The second-order valence-corrected chi connectivity index (χ2v) is 9.54. The molecule has 3 rings (SSSR count). The molecule has 8 heteroatoms. The van der Waals surface area contributed by atoms with Crippen molar-refractivity contribution in [2.75, 3.05) is 11.1 Å². The minimum atomic E-state index is -3.31. The van der Waals surface area contributed by atoms with Gasteiger partial charge in [0.2, 0.25) is 0 Å². The van der Waals surface area contributed by atoms with Gasteiger partial charge >= 0.3 is 0 Å². The Morgan fingerprint density at radius 2 is 1.81 bits per heavy atom. The Morgan fingerprint density at radius 1 is 1.15 bits per heavy atom. The fraction of sp³-hybridized carbons (Fsp3) is 0.333. The van der Waals surface area contributed by atoms with Gasteiger partial charge in [-0.2, -0.15) is 0 Å². The predicted molar refractivity (Wildman–Crippen MR) is 102 cm³/mol. The smallest absolute Gasteiger partial charge is 0.256 e. The van der Waals surface area contributed by atoms with Crippen molar-refractivity contribution >= 4 is 38.0 Å². The molecule has 0 radical (unpaired) electrons. The molecule has 138 valence electrons. The molecule has 1 aliphatic rings. The lowest BCUT2D eigenvalue weighted by atomic mass is 9.95. The SMILES string of the molecule is CCS(=O)(=O)c1ccc(C(=O)Nc2sc3c(c2C(N)=O)CCCC3)cc1. The summed E-state index contributed by atoms with van der Waals surface area (Å²) in [5, 5.41) is 3.24. The largest absolute Gasteiger partial charge is 0.365 e. The molecule has 1 aromatic heterocycles. The standard InChI is InChI=1S/C18H20N2O4S2/c1-2-26(23,24)12-9-7-11(8-10-12)17(22)20-18-15(16(19)21)13-5-3-4-6-14(13)25-18/h7-10H,2-6H2,1H3,(H2,19,21)(H,20,22). The van der Waals surface area contributed by atoms with E-state index in [4.69, 9.17) is 5.73 Å². The molecule has 0 unspecified atom stereocenters. The van der Waals surface area contributed by atoms with Crippen LogP contribution < -0.4 is 11.1 Å². The van der Waals surface area contributed by atoms with Crippen molar-refractivity contribution in [1.82, 2.24) is 0 Å². The van der Waals surface area contributed by atoms with Crippen molar-refractivity contribution in [2.45, 2.75) is 37.5 Å². The first-order valence-electron chi connectivity index (χ1n) is 8.42. The quantitative estimate of drug-likeness (QED) is 0.816. The predicted octanol–water partition coefficient (Wildman–Crippen LogP) is 2.77. The molecule has 2 aromatic rings. The van der Waals surface area contributed by atoms with Gasteiger partial charge < -0.3 is 11.1 Å². The van der Waals surface area contributed by atoms with Crippen LogP contribution in [0, 0.1) is 0 Å². The molecule has 6 nitrogen and oxygen atoms in total. The molecule has 26 heavy (non-hydrogen) atoms. The summed E-state index contributed by atoms with van der Waals surface area (Å²) < 4.78 is 23.7. The van der Waals surface area contributed by atoms with E-state index in [-0.39, 0.29) is 10.6 Å². The van der Waals surface area contributed by atoms with Gasteiger partial charge in [0, 0.05) is 10.4 Å².